The lowest BCUT2D eigenvalue weighted by atomic mass is 9.83. The molecule has 0 atom stereocenters. The van der Waals surface area contributed by atoms with Crippen LogP contribution >= 0.6 is 0 Å². The minimum absolute atomic E-state index is 0.0710. The summed E-state index contributed by atoms with van der Waals surface area (Å²) in [7, 11) is 0. The van der Waals surface area contributed by atoms with Gasteiger partial charge in [-0.1, -0.05) is 68.3 Å². The van der Waals surface area contributed by atoms with Crippen LogP contribution in [-0.2, 0) is 25.7 Å². The number of hydrogen-bond donors (Lipinski definition) is 0. The quantitative estimate of drug-likeness (QED) is 0.174. The second-order valence-corrected chi connectivity index (χ2v) is 7.33. The number of ether oxygens (including phenoxy) is 3. The average Bonchev–Trinajstić information content (AvgIpc) is 2.89. The fourth-order valence-electron chi connectivity index (χ4n) is 3.48. The fourth-order valence-corrected chi connectivity index (χ4v) is 3.48. The first kappa shape index (κ1) is 24.9. The first-order valence-corrected chi connectivity index (χ1v) is 10.7. The van der Waals surface area contributed by atoms with Crippen LogP contribution in [0.25, 0.3) is 0 Å². The molecule has 6 nitrogen and oxygen atoms in total. The van der Waals surface area contributed by atoms with E-state index < -0.39 is 17.9 Å². The Balaban J connectivity index is 2.03. The Kier molecular flexibility index (Phi) is 8.51. The van der Waals surface area contributed by atoms with Gasteiger partial charge in [0.15, 0.2) is 0 Å². The minimum atomic E-state index is -0.548. The monoisotopic (exact) mass is 468 g/mol. The summed E-state index contributed by atoms with van der Waals surface area (Å²) in [6.07, 6.45) is 3.31. The Bertz CT molecular complexity index is 1170. The van der Waals surface area contributed by atoms with Gasteiger partial charge in [-0.3, -0.25) is 0 Å². The van der Waals surface area contributed by atoms with Gasteiger partial charge in [0.05, 0.1) is 0 Å². The number of carbonyl (C=O) groups is 3. The van der Waals surface area contributed by atoms with Gasteiger partial charge in [-0.2, -0.15) is 0 Å². The molecule has 3 rings (SSSR count). The molecule has 0 amide bonds. The van der Waals surface area contributed by atoms with Crippen molar-refractivity contribution >= 4 is 17.9 Å². The topological polar surface area (TPSA) is 78.9 Å². The van der Waals surface area contributed by atoms with E-state index in [1.165, 1.54) is 0 Å². The molecular weight excluding hydrogens is 444 g/mol. The number of rotatable bonds is 10. The maximum atomic E-state index is 11.7. The second kappa shape index (κ2) is 12.0. The predicted molar refractivity (Wildman–Crippen MR) is 132 cm³/mol. The molecule has 35 heavy (non-hydrogen) atoms. The first-order chi connectivity index (χ1) is 16.9. The van der Waals surface area contributed by atoms with Crippen molar-refractivity contribution in [2.75, 3.05) is 0 Å². The van der Waals surface area contributed by atoms with Gasteiger partial charge in [0, 0.05) is 24.1 Å². The molecule has 0 aliphatic rings. The normalized spacial score (nSPS) is 10.2. The number of carbonyl (C=O) groups excluding carboxylic acids is 3. The Morgan fingerprint density at radius 1 is 0.657 bits per heavy atom. The van der Waals surface area contributed by atoms with Gasteiger partial charge in [-0.05, 0) is 46.5 Å². The summed E-state index contributed by atoms with van der Waals surface area (Å²) in [5.74, 6) is -1.10. The van der Waals surface area contributed by atoms with Gasteiger partial charge in [0.2, 0.25) is 0 Å². The van der Waals surface area contributed by atoms with Gasteiger partial charge in [-0.15, -0.1) is 0 Å². The Morgan fingerprint density at radius 2 is 1.11 bits per heavy atom. The van der Waals surface area contributed by atoms with Gasteiger partial charge in [0.1, 0.15) is 18.1 Å². The van der Waals surface area contributed by atoms with E-state index in [2.05, 4.69) is 19.7 Å². The Hall–Kier alpha value is -4.71. The van der Waals surface area contributed by atoms with Crippen LogP contribution < -0.4 is 9.47 Å². The van der Waals surface area contributed by atoms with E-state index in [-0.39, 0.29) is 12.5 Å². The summed E-state index contributed by atoms with van der Waals surface area (Å²) < 4.78 is 15.7. The molecule has 0 N–H and O–H groups in total. The molecule has 3 aromatic carbocycles. The van der Waals surface area contributed by atoms with E-state index in [0.717, 1.165) is 40.5 Å². The predicted octanol–water partition coefficient (Wildman–Crippen LogP) is 5.28. The molecule has 0 fully saturated rings. The van der Waals surface area contributed by atoms with Crippen molar-refractivity contribution in [2.45, 2.75) is 12.5 Å². The SMILES string of the molecule is C=CC(=O)OCc1ccccc1C(c1ccc(OC(=O)C=C)cc1)c1ccc(OC(=O)C=C)cc1. The highest BCUT2D eigenvalue weighted by molar-refractivity contribution is 5.84. The molecule has 0 saturated carbocycles. The largest absolute Gasteiger partial charge is 0.458 e. The van der Waals surface area contributed by atoms with Crippen LogP contribution in [-0.4, -0.2) is 17.9 Å². The second-order valence-electron chi connectivity index (χ2n) is 7.33. The van der Waals surface area contributed by atoms with Crippen molar-refractivity contribution in [3.63, 3.8) is 0 Å². The number of esters is 3. The first-order valence-electron chi connectivity index (χ1n) is 10.7. The highest BCUT2D eigenvalue weighted by Crippen LogP contribution is 2.36. The Morgan fingerprint density at radius 3 is 1.57 bits per heavy atom. The standard InChI is InChI=1S/C29H24O6/c1-4-26(30)33-19-22-9-7-8-10-25(22)29(20-11-15-23(16-12-20)34-27(31)5-2)21-13-17-24(18-14-21)35-28(32)6-3/h4-18,29H,1-3,19H2. The highest BCUT2D eigenvalue weighted by Gasteiger charge is 2.21. The van der Waals surface area contributed by atoms with Gasteiger partial charge >= 0.3 is 17.9 Å². The molecule has 0 spiro atoms. The summed E-state index contributed by atoms with van der Waals surface area (Å²) in [6, 6.07) is 21.8. The molecule has 0 radical (unpaired) electrons. The molecule has 176 valence electrons. The van der Waals surface area contributed by atoms with Gasteiger partial charge in [-0.25, -0.2) is 14.4 Å². The zero-order valence-electron chi connectivity index (χ0n) is 19.0. The summed E-state index contributed by atoms with van der Waals surface area (Å²) >= 11 is 0. The number of hydrogen-bond acceptors (Lipinski definition) is 6. The van der Waals surface area contributed by atoms with Crippen LogP contribution in [0, 0.1) is 0 Å². The number of benzene rings is 3. The lowest BCUT2D eigenvalue weighted by Gasteiger charge is -2.22. The smallest absolute Gasteiger partial charge is 0.335 e. The summed E-state index contributed by atoms with van der Waals surface area (Å²) in [5.41, 5.74) is 3.54. The van der Waals surface area contributed by atoms with E-state index in [4.69, 9.17) is 14.2 Å². The van der Waals surface area contributed by atoms with E-state index in [0.29, 0.717) is 11.5 Å². The molecule has 0 aliphatic heterocycles. The summed E-state index contributed by atoms with van der Waals surface area (Å²) in [6.45, 7) is 10.3. The van der Waals surface area contributed by atoms with Crippen molar-refractivity contribution in [2.24, 2.45) is 0 Å². The maximum absolute atomic E-state index is 11.7. The van der Waals surface area contributed by atoms with Crippen LogP contribution in [0.2, 0.25) is 0 Å². The molecular formula is C29H24O6. The van der Waals surface area contributed by atoms with E-state index >= 15 is 0 Å². The molecule has 0 aromatic heterocycles. The molecule has 0 aliphatic carbocycles. The fraction of sp³-hybridized carbons (Fsp3) is 0.0690. The van der Waals surface area contributed by atoms with Crippen molar-refractivity contribution in [1.82, 2.24) is 0 Å². The lowest BCUT2D eigenvalue weighted by molar-refractivity contribution is -0.139. The molecule has 0 bridgehead atoms. The summed E-state index contributed by atoms with van der Waals surface area (Å²) in [4.78, 5) is 34.7. The molecule has 6 heteroatoms. The summed E-state index contributed by atoms with van der Waals surface area (Å²) in [5, 5.41) is 0. The van der Waals surface area contributed by atoms with E-state index in [9.17, 15) is 14.4 Å². The Labute approximate surface area is 203 Å². The van der Waals surface area contributed by atoms with Crippen molar-refractivity contribution in [3.05, 3.63) is 133 Å². The van der Waals surface area contributed by atoms with E-state index in [1.807, 2.05) is 48.5 Å². The van der Waals surface area contributed by atoms with Gasteiger partial charge < -0.3 is 14.2 Å². The third kappa shape index (κ3) is 6.65. The van der Waals surface area contributed by atoms with Crippen LogP contribution in [0.1, 0.15) is 28.2 Å². The van der Waals surface area contributed by atoms with E-state index in [1.54, 1.807) is 24.3 Å². The maximum Gasteiger partial charge on any atom is 0.335 e. The van der Waals surface area contributed by atoms with Crippen LogP contribution in [0.5, 0.6) is 11.5 Å². The highest BCUT2D eigenvalue weighted by atomic mass is 16.5. The van der Waals surface area contributed by atoms with Crippen molar-refractivity contribution in [1.29, 1.82) is 0 Å². The molecule has 0 saturated heterocycles. The lowest BCUT2D eigenvalue weighted by Crippen LogP contribution is -2.10. The van der Waals surface area contributed by atoms with Crippen LogP contribution in [0.3, 0.4) is 0 Å². The zero-order chi connectivity index (χ0) is 25.2. The third-order valence-corrected chi connectivity index (χ3v) is 5.10. The third-order valence-electron chi connectivity index (χ3n) is 5.10. The van der Waals surface area contributed by atoms with Crippen molar-refractivity contribution in [3.8, 4) is 11.5 Å². The average molecular weight is 469 g/mol. The molecule has 0 heterocycles. The molecule has 0 unspecified atom stereocenters. The minimum Gasteiger partial charge on any atom is -0.458 e. The molecule has 3 aromatic rings. The van der Waals surface area contributed by atoms with Crippen LogP contribution in [0.15, 0.2) is 111 Å². The zero-order valence-corrected chi connectivity index (χ0v) is 19.0. The van der Waals surface area contributed by atoms with Crippen molar-refractivity contribution < 1.29 is 28.6 Å². The van der Waals surface area contributed by atoms with Gasteiger partial charge in [0.25, 0.3) is 0 Å². The van der Waals surface area contributed by atoms with Crippen LogP contribution in [0.4, 0.5) is 0 Å².